The van der Waals surface area contributed by atoms with Crippen LogP contribution in [0.4, 0.5) is 0 Å². The summed E-state index contributed by atoms with van der Waals surface area (Å²) in [5.74, 6) is -0.0203. The van der Waals surface area contributed by atoms with Crippen molar-refractivity contribution in [1.82, 2.24) is 4.90 Å². The van der Waals surface area contributed by atoms with Crippen LogP contribution in [0, 0.1) is 0 Å². The van der Waals surface area contributed by atoms with E-state index in [-0.39, 0.29) is 12.3 Å². The van der Waals surface area contributed by atoms with E-state index in [9.17, 15) is 4.79 Å². The quantitative estimate of drug-likeness (QED) is 0.820. The number of carbonyl (C=O) groups is 1. The summed E-state index contributed by atoms with van der Waals surface area (Å²) in [5.41, 5.74) is 6.32. The topological polar surface area (TPSA) is 46.3 Å². The maximum absolute atomic E-state index is 12.2. The van der Waals surface area contributed by atoms with E-state index in [0.717, 1.165) is 12.0 Å². The Morgan fingerprint density at radius 3 is 2.58 bits per heavy atom. The molecule has 0 aliphatic heterocycles. The van der Waals surface area contributed by atoms with Gasteiger partial charge in [0.25, 0.3) is 0 Å². The number of nitrogens with zero attached hydrogens (tertiary/aromatic N) is 1. The summed E-state index contributed by atoms with van der Waals surface area (Å²) in [7, 11) is 0. The second-order valence-corrected chi connectivity index (χ2v) is 5.55. The smallest absolute Gasteiger partial charge is 0.227 e. The number of hydrogen-bond donors (Lipinski definition) is 1. The molecule has 0 aliphatic carbocycles. The fourth-order valence-corrected chi connectivity index (χ4v) is 2.16. The largest absolute Gasteiger partial charge is 0.392 e. The number of carbonyl (C=O) groups excluding carboxylic acids is 1. The second-order valence-electron chi connectivity index (χ2n) is 4.21. The van der Waals surface area contributed by atoms with Gasteiger partial charge in [0.15, 0.2) is 0 Å². The fourth-order valence-electron chi connectivity index (χ4n) is 1.69. The molecule has 0 saturated carbocycles. The molecule has 104 valence electrons. The van der Waals surface area contributed by atoms with Gasteiger partial charge in [0.05, 0.1) is 28.0 Å². The Balaban J connectivity index is 2.74. The molecule has 1 aromatic carbocycles. The highest BCUT2D eigenvalue weighted by atomic mass is 35.5. The second kappa shape index (κ2) is 7.68. The maximum atomic E-state index is 12.2. The Kier molecular flexibility index (Phi) is 6.55. The van der Waals surface area contributed by atoms with Gasteiger partial charge in [-0.2, -0.15) is 0 Å². The van der Waals surface area contributed by atoms with Crippen LogP contribution in [0.25, 0.3) is 0 Å². The Morgan fingerprint density at radius 1 is 1.37 bits per heavy atom. The predicted molar refractivity (Wildman–Crippen MR) is 83.8 cm³/mol. The van der Waals surface area contributed by atoms with Crippen LogP contribution in [-0.4, -0.2) is 28.9 Å². The van der Waals surface area contributed by atoms with Crippen molar-refractivity contribution in [2.45, 2.75) is 19.8 Å². The van der Waals surface area contributed by atoms with E-state index in [4.69, 9.17) is 41.2 Å². The molecule has 19 heavy (non-hydrogen) atoms. The van der Waals surface area contributed by atoms with Gasteiger partial charge in [-0.25, -0.2) is 0 Å². The van der Waals surface area contributed by atoms with E-state index < -0.39 is 0 Å². The summed E-state index contributed by atoms with van der Waals surface area (Å²) < 4.78 is 0. The van der Waals surface area contributed by atoms with Crippen molar-refractivity contribution in [3.05, 3.63) is 33.8 Å². The van der Waals surface area contributed by atoms with Crippen LogP contribution in [0.2, 0.25) is 10.0 Å². The Hall–Kier alpha value is -0.840. The van der Waals surface area contributed by atoms with Gasteiger partial charge in [-0.15, -0.1) is 0 Å². The highest BCUT2D eigenvalue weighted by Gasteiger charge is 2.14. The molecule has 0 heterocycles. The van der Waals surface area contributed by atoms with Gasteiger partial charge in [0.1, 0.15) is 0 Å². The number of rotatable bonds is 6. The zero-order valence-electron chi connectivity index (χ0n) is 10.7. The van der Waals surface area contributed by atoms with Crippen molar-refractivity contribution in [3.63, 3.8) is 0 Å². The van der Waals surface area contributed by atoms with Crippen LogP contribution in [-0.2, 0) is 11.2 Å². The lowest BCUT2D eigenvalue weighted by atomic mass is 10.1. The lowest BCUT2D eigenvalue weighted by Crippen LogP contribution is -2.39. The molecule has 3 nitrogen and oxygen atoms in total. The first kappa shape index (κ1) is 16.2. The zero-order valence-corrected chi connectivity index (χ0v) is 13.0. The molecule has 0 atom stereocenters. The average Bonchev–Trinajstić information content (AvgIpc) is 2.33. The number of benzene rings is 1. The van der Waals surface area contributed by atoms with Gasteiger partial charge < -0.3 is 10.6 Å². The van der Waals surface area contributed by atoms with Crippen molar-refractivity contribution in [2.24, 2.45) is 5.73 Å². The molecular formula is C13H16Cl2N2OS. The van der Waals surface area contributed by atoms with Crippen LogP contribution in [0.3, 0.4) is 0 Å². The molecule has 0 spiro atoms. The van der Waals surface area contributed by atoms with E-state index in [1.54, 1.807) is 23.1 Å². The molecule has 1 amide bonds. The molecule has 0 unspecified atom stereocenters. The molecule has 0 radical (unpaired) electrons. The number of thiocarbonyl (C=S) groups is 1. The molecule has 0 fully saturated rings. The molecular weight excluding hydrogens is 303 g/mol. The number of hydrogen-bond acceptors (Lipinski definition) is 2. The summed E-state index contributed by atoms with van der Waals surface area (Å²) in [6, 6.07) is 5.17. The third-order valence-corrected chi connectivity index (χ3v) is 3.40. The fraction of sp³-hybridized carbons (Fsp3) is 0.385. The predicted octanol–water partition coefficient (Wildman–Crippen LogP) is 3.06. The van der Waals surface area contributed by atoms with E-state index in [0.29, 0.717) is 28.1 Å². The summed E-state index contributed by atoms with van der Waals surface area (Å²) in [6.45, 7) is 2.94. The first-order valence-electron chi connectivity index (χ1n) is 5.94. The molecule has 1 rings (SSSR count). The minimum atomic E-state index is -0.0203. The lowest BCUT2D eigenvalue weighted by Gasteiger charge is -2.21. The van der Waals surface area contributed by atoms with Crippen LogP contribution < -0.4 is 5.73 Å². The molecule has 2 N–H and O–H groups in total. The van der Waals surface area contributed by atoms with Crippen LogP contribution >= 0.6 is 35.4 Å². The third-order valence-electron chi connectivity index (χ3n) is 2.53. The SMILES string of the molecule is CCCN(CC(N)=S)C(=O)Cc1ccc(Cl)c(Cl)c1. The monoisotopic (exact) mass is 318 g/mol. The number of amides is 1. The summed E-state index contributed by atoms with van der Waals surface area (Å²) in [4.78, 5) is 14.1. The van der Waals surface area contributed by atoms with Crippen LogP contribution in [0.1, 0.15) is 18.9 Å². The highest BCUT2D eigenvalue weighted by molar-refractivity contribution is 7.80. The summed E-state index contributed by atoms with van der Waals surface area (Å²) in [5, 5.41) is 0.926. The molecule has 0 saturated heterocycles. The van der Waals surface area contributed by atoms with Gasteiger partial charge in [-0.05, 0) is 24.1 Å². The molecule has 0 aromatic heterocycles. The zero-order chi connectivity index (χ0) is 14.4. The van der Waals surface area contributed by atoms with Crippen LogP contribution in [0.15, 0.2) is 18.2 Å². The normalized spacial score (nSPS) is 10.3. The van der Waals surface area contributed by atoms with Gasteiger partial charge >= 0.3 is 0 Å². The van der Waals surface area contributed by atoms with E-state index in [2.05, 4.69) is 0 Å². The lowest BCUT2D eigenvalue weighted by molar-refractivity contribution is -0.129. The maximum Gasteiger partial charge on any atom is 0.227 e. The van der Waals surface area contributed by atoms with Crippen molar-refractivity contribution in [1.29, 1.82) is 0 Å². The number of nitrogens with two attached hydrogens (primary N) is 1. The minimum absolute atomic E-state index is 0.0203. The van der Waals surface area contributed by atoms with Crippen molar-refractivity contribution >= 4 is 46.3 Å². The summed E-state index contributed by atoms with van der Waals surface area (Å²) >= 11 is 16.6. The van der Waals surface area contributed by atoms with Gasteiger partial charge in [-0.3, -0.25) is 4.79 Å². The summed E-state index contributed by atoms with van der Waals surface area (Å²) in [6.07, 6.45) is 1.12. The van der Waals surface area contributed by atoms with E-state index in [1.807, 2.05) is 6.92 Å². The Labute approximate surface area is 128 Å². The van der Waals surface area contributed by atoms with Crippen molar-refractivity contribution in [2.75, 3.05) is 13.1 Å². The van der Waals surface area contributed by atoms with E-state index >= 15 is 0 Å². The minimum Gasteiger partial charge on any atom is -0.392 e. The van der Waals surface area contributed by atoms with Crippen LogP contribution in [0.5, 0.6) is 0 Å². The van der Waals surface area contributed by atoms with Crippen molar-refractivity contribution < 1.29 is 4.79 Å². The Bertz CT molecular complexity index is 480. The molecule has 0 bridgehead atoms. The molecule has 1 aromatic rings. The van der Waals surface area contributed by atoms with Crippen molar-refractivity contribution in [3.8, 4) is 0 Å². The first-order valence-corrected chi connectivity index (χ1v) is 7.10. The molecule has 6 heteroatoms. The Morgan fingerprint density at radius 2 is 2.05 bits per heavy atom. The average molecular weight is 319 g/mol. The van der Waals surface area contributed by atoms with E-state index in [1.165, 1.54) is 0 Å². The number of halogens is 2. The van der Waals surface area contributed by atoms with Gasteiger partial charge in [-0.1, -0.05) is 48.4 Å². The first-order chi connectivity index (χ1) is 8.93. The van der Waals surface area contributed by atoms with Gasteiger partial charge in [0.2, 0.25) is 5.91 Å². The standard InChI is InChI=1S/C13H16Cl2N2OS/c1-2-5-17(8-12(16)19)13(18)7-9-3-4-10(14)11(15)6-9/h3-4,6H,2,5,7-8H2,1H3,(H2,16,19). The van der Waals surface area contributed by atoms with Gasteiger partial charge in [0, 0.05) is 6.54 Å². The molecule has 0 aliphatic rings. The highest BCUT2D eigenvalue weighted by Crippen LogP contribution is 2.23. The third kappa shape index (κ3) is 5.35.